The van der Waals surface area contributed by atoms with Crippen LogP contribution in [0.1, 0.15) is 17.0 Å². The molecule has 0 bridgehead atoms. The van der Waals surface area contributed by atoms with Gasteiger partial charge >= 0.3 is 12.0 Å². The van der Waals surface area contributed by atoms with Crippen molar-refractivity contribution in [2.24, 2.45) is 0 Å². The third-order valence-electron chi connectivity index (χ3n) is 6.13. The maximum absolute atomic E-state index is 12.8. The van der Waals surface area contributed by atoms with E-state index in [9.17, 15) is 27.9 Å². The number of urea groups is 1. The Balaban J connectivity index is 1.39. The minimum Gasteiger partial charge on any atom is -0.497 e. The van der Waals surface area contributed by atoms with Crippen LogP contribution in [0.4, 0.5) is 4.79 Å². The smallest absolute Gasteiger partial charge is 0.322 e. The lowest BCUT2D eigenvalue weighted by Gasteiger charge is -2.15. The molecule has 0 unspecified atom stereocenters. The first kappa shape index (κ1) is 30.0. The lowest BCUT2D eigenvalue weighted by atomic mass is 10.1. The predicted octanol–water partition coefficient (Wildman–Crippen LogP) is 2.42. The first-order valence-electron chi connectivity index (χ1n) is 12.8. The fraction of sp³-hybridized carbons (Fsp3) is 0.172. The largest absolute Gasteiger partial charge is 0.497 e. The maximum Gasteiger partial charge on any atom is 0.322 e. The van der Waals surface area contributed by atoms with Gasteiger partial charge in [0.15, 0.2) is 0 Å². The molecule has 5 N–H and O–H groups in total. The van der Waals surface area contributed by atoms with Gasteiger partial charge in [-0.25, -0.2) is 18.2 Å². The van der Waals surface area contributed by atoms with Crippen LogP contribution >= 0.6 is 0 Å². The van der Waals surface area contributed by atoms with Gasteiger partial charge in [0, 0.05) is 19.5 Å². The van der Waals surface area contributed by atoms with Gasteiger partial charge in [-0.05, 0) is 47.5 Å². The van der Waals surface area contributed by atoms with Crippen molar-refractivity contribution in [1.29, 1.82) is 0 Å². The molecule has 12 nitrogen and oxygen atoms in total. The van der Waals surface area contributed by atoms with Crippen LogP contribution in [0.2, 0.25) is 0 Å². The summed E-state index contributed by atoms with van der Waals surface area (Å²) in [5.74, 6) is -0.983. The van der Waals surface area contributed by atoms with Gasteiger partial charge in [-0.15, -0.1) is 0 Å². The zero-order valence-corrected chi connectivity index (χ0v) is 23.4. The SMILES string of the molecule is COc1ccc(S(=O)(=O)N[C@@H](Cc2nc3ccc(/C=C/CNC(=O)NCc4ccccc4)cc3c(=O)[nH]2)C(=O)O)cc1. The van der Waals surface area contributed by atoms with E-state index < -0.39 is 34.0 Å². The lowest BCUT2D eigenvalue weighted by Crippen LogP contribution is -2.42. The normalized spacial score (nSPS) is 12.2. The minimum atomic E-state index is -4.18. The van der Waals surface area contributed by atoms with E-state index in [1.165, 1.54) is 31.4 Å². The molecule has 1 heterocycles. The highest BCUT2D eigenvalue weighted by Gasteiger charge is 2.27. The van der Waals surface area contributed by atoms with Gasteiger partial charge in [0.25, 0.3) is 5.56 Å². The van der Waals surface area contributed by atoms with Gasteiger partial charge in [-0.1, -0.05) is 48.6 Å². The number of rotatable bonds is 12. The summed E-state index contributed by atoms with van der Waals surface area (Å²) in [5.41, 5.74) is 1.47. The average molecular weight is 592 g/mol. The highest BCUT2D eigenvalue weighted by Crippen LogP contribution is 2.17. The zero-order valence-electron chi connectivity index (χ0n) is 22.5. The second-order valence-electron chi connectivity index (χ2n) is 9.13. The molecule has 0 spiro atoms. The number of benzene rings is 3. The molecule has 2 amide bonds. The number of amides is 2. The molecule has 4 aromatic rings. The Bertz CT molecular complexity index is 1760. The summed E-state index contributed by atoms with van der Waals surface area (Å²) < 4.78 is 32.7. The number of hydrogen-bond donors (Lipinski definition) is 5. The third-order valence-corrected chi connectivity index (χ3v) is 7.62. The van der Waals surface area contributed by atoms with Gasteiger partial charge in [0.1, 0.15) is 17.6 Å². The van der Waals surface area contributed by atoms with Gasteiger partial charge in [0.2, 0.25) is 10.0 Å². The van der Waals surface area contributed by atoms with Gasteiger partial charge < -0.3 is 25.5 Å². The first-order chi connectivity index (χ1) is 20.1. The minimum absolute atomic E-state index is 0.00587. The Kier molecular flexibility index (Phi) is 9.68. The molecular formula is C29H29N5O7S. The van der Waals surface area contributed by atoms with Crippen LogP contribution in [-0.4, -0.2) is 55.2 Å². The van der Waals surface area contributed by atoms with Crippen molar-refractivity contribution < 1.29 is 27.9 Å². The van der Waals surface area contributed by atoms with E-state index in [4.69, 9.17) is 4.74 Å². The van der Waals surface area contributed by atoms with Crippen molar-refractivity contribution in [3.8, 4) is 5.75 Å². The summed E-state index contributed by atoms with van der Waals surface area (Å²) in [6, 6.07) is 18.0. The number of carbonyl (C=O) groups excluding carboxylic acids is 1. The molecule has 0 saturated carbocycles. The topological polar surface area (TPSA) is 180 Å². The van der Waals surface area contributed by atoms with Crippen LogP contribution in [0.15, 0.2) is 88.6 Å². The molecule has 0 radical (unpaired) electrons. The molecule has 3 aromatic carbocycles. The number of hydrogen-bond acceptors (Lipinski definition) is 7. The highest BCUT2D eigenvalue weighted by molar-refractivity contribution is 7.89. The van der Waals surface area contributed by atoms with Gasteiger partial charge in [-0.3, -0.25) is 9.59 Å². The van der Waals surface area contributed by atoms with Crippen molar-refractivity contribution in [3.05, 3.63) is 106 Å². The number of fused-ring (bicyclic) bond motifs is 1. The van der Waals surface area contributed by atoms with Crippen LogP contribution in [0, 0.1) is 0 Å². The van der Waals surface area contributed by atoms with E-state index in [0.29, 0.717) is 23.4 Å². The molecule has 1 atom stereocenters. The number of nitrogens with zero attached hydrogens (tertiary/aromatic N) is 1. The lowest BCUT2D eigenvalue weighted by molar-refractivity contribution is -0.139. The molecule has 42 heavy (non-hydrogen) atoms. The van der Waals surface area contributed by atoms with E-state index in [0.717, 1.165) is 5.56 Å². The summed E-state index contributed by atoms with van der Waals surface area (Å²) in [4.78, 5) is 43.4. The average Bonchev–Trinajstić information content (AvgIpc) is 2.98. The molecule has 13 heteroatoms. The third kappa shape index (κ3) is 8.02. The number of carboxylic acids is 1. The Morgan fingerprint density at radius 2 is 1.79 bits per heavy atom. The van der Waals surface area contributed by atoms with Crippen molar-refractivity contribution in [2.45, 2.75) is 23.9 Å². The van der Waals surface area contributed by atoms with Crippen molar-refractivity contribution >= 4 is 39.0 Å². The van der Waals surface area contributed by atoms with E-state index in [1.807, 2.05) is 30.3 Å². The summed E-state index contributed by atoms with van der Waals surface area (Å²) in [5, 5.41) is 15.4. The Hall–Kier alpha value is -5.01. The fourth-order valence-electron chi connectivity index (χ4n) is 3.98. The molecular weight excluding hydrogens is 562 g/mol. The second kappa shape index (κ2) is 13.6. The number of methoxy groups -OCH3 is 1. The Labute approximate surface area is 241 Å². The number of aromatic nitrogens is 2. The van der Waals surface area contributed by atoms with Crippen molar-refractivity contribution in [1.82, 2.24) is 25.3 Å². The van der Waals surface area contributed by atoms with Gasteiger partial charge in [0.05, 0.1) is 22.9 Å². The van der Waals surface area contributed by atoms with Crippen LogP contribution in [0.25, 0.3) is 17.0 Å². The number of carboxylic acid groups (broad SMARTS) is 1. The fourth-order valence-corrected chi connectivity index (χ4v) is 5.16. The molecule has 4 rings (SSSR count). The quantitative estimate of drug-likeness (QED) is 0.167. The summed E-state index contributed by atoms with van der Waals surface area (Å²) >= 11 is 0. The van der Waals surface area contributed by atoms with Gasteiger partial charge in [-0.2, -0.15) is 4.72 Å². The highest BCUT2D eigenvalue weighted by atomic mass is 32.2. The van der Waals surface area contributed by atoms with E-state index in [1.54, 1.807) is 30.4 Å². The van der Waals surface area contributed by atoms with Crippen LogP contribution < -0.4 is 25.7 Å². The maximum atomic E-state index is 12.8. The summed E-state index contributed by atoms with van der Waals surface area (Å²) in [7, 11) is -2.75. The van der Waals surface area contributed by atoms with Crippen molar-refractivity contribution in [3.63, 3.8) is 0 Å². The number of aromatic amines is 1. The molecule has 0 saturated heterocycles. The number of nitrogens with one attached hydrogen (secondary N) is 4. The summed E-state index contributed by atoms with van der Waals surface area (Å²) in [6.45, 7) is 0.662. The van der Waals surface area contributed by atoms with Crippen molar-refractivity contribution in [2.75, 3.05) is 13.7 Å². The standard InChI is InChI=1S/C29H29N5O7S/c1-41-21-10-12-22(13-11-21)42(39,40)34-25(28(36)37)17-26-32-24-14-9-19(16-23(24)27(35)33-26)8-5-15-30-29(38)31-18-20-6-3-2-4-7-20/h2-14,16,25,34H,15,17-18H2,1H3,(H,36,37)(H2,30,31,38)(H,32,33,35)/b8-5+/t25-/m0/s1. The number of carbonyl (C=O) groups is 2. The molecule has 0 aliphatic rings. The summed E-state index contributed by atoms with van der Waals surface area (Å²) in [6.07, 6.45) is 3.07. The van der Waals surface area contributed by atoms with E-state index in [2.05, 4.69) is 25.3 Å². The number of aliphatic carboxylic acids is 1. The molecule has 0 aliphatic carbocycles. The molecule has 0 fully saturated rings. The zero-order chi connectivity index (χ0) is 30.1. The Morgan fingerprint density at radius 1 is 1.05 bits per heavy atom. The monoisotopic (exact) mass is 591 g/mol. The second-order valence-corrected chi connectivity index (χ2v) is 10.8. The molecule has 0 aliphatic heterocycles. The molecule has 1 aromatic heterocycles. The predicted molar refractivity (Wildman–Crippen MR) is 157 cm³/mol. The number of sulfonamides is 1. The van der Waals surface area contributed by atoms with Crippen LogP contribution in [0.5, 0.6) is 5.75 Å². The first-order valence-corrected chi connectivity index (χ1v) is 14.3. The van der Waals surface area contributed by atoms with E-state index in [-0.39, 0.29) is 28.7 Å². The van der Waals surface area contributed by atoms with Crippen LogP contribution in [0.3, 0.4) is 0 Å². The molecule has 218 valence electrons. The number of H-pyrrole nitrogens is 1. The Morgan fingerprint density at radius 3 is 2.48 bits per heavy atom. The van der Waals surface area contributed by atoms with E-state index >= 15 is 0 Å². The number of ether oxygens (including phenoxy) is 1. The van der Waals surface area contributed by atoms with Crippen LogP contribution in [-0.2, 0) is 27.8 Å².